The van der Waals surface area contributed by atoms with Crippen LogP contribution >= 0.6 is 0 Å². The smallest absolute Gasteiger partial charge is 0.265 e. The summed E-state index contributed by atoms with van der Waals surface area (Å²) in [6, 6.07) is 7.44. The number of hydrogen-bond donors (Lipinski definition) is 2. The SMILES string of the molecule is CN(Cc1ccccc1C(=O)NN)Cc1nccn1C. The van der Waals surface area contributed by atoms with Crippen molar-refractivity contribution in [3.05, 3.63) is 53.6 Å². The quantitative estimate of drug-likeness (QED) is 0.476. The maximum atomic E-state index is 11.7. The molecule has 1 aromatic carbocycles. The van der Waals surface area contributed by atoms with Gasteiger partial charge < -0.3 is 4.57 Å². The number of nitrogens with one attached hydrogen (secondary N) is 1. The van der Waals surface area contributed by atoms with Gasteiger partial charge in [-0.15, -0.1) is 0 Å². The molecule has 0 radical (unpaired) electrons. The normalized spacial score (nSPS) is 10.8. The van der Waals surface area contributed by atoms with Crippen molar-refractivity contribution < 1.29 is 4.79 Å². The van der Waals surface area contributed by atoms with Gasteiger partial charge in [0, 0.05) is 31.5 Å². The van der Waals surface area contributed by atoms with E-state index in [0.717, 1.165) is 11.4 Å². The highest BCUT2D eigenvalue weighted by molar-refractivity contribution is 5.95. The van der Waals surface area contributed by atoms with Crippen LogP contribution in [0, 0.1) is 0 Å². The molecular weight excluding hydrogens is 254 g/mol. The molecule has 0 unspecified atom stereocenters. The number of nitrogens with two attached hydrogens (primary N) is 1. The van der Waals surface area contributed by atoms with E-state index in [1.165, 1.54) is 0 Å². The molecule has 0 aliphatic rings. The monoisotopic (exact) mass is 273 g/mol. The largest absolute Gasteiger partial charge is 0.337 e. The van der Waals surface area contributed by atoms with Crippen molar-refractivity contribution in [3.8, 4) is 0 Å². The van der Waals surface area contributed by atoms with Crippen molar-refractivity contribution in [2.24, 2.45) is 12.9 Å². The standard InChI is InChI=1S/C14H19N5O/c1-18(10-13-16-7-8-19(13)2)9-11-5-3-4-6-12(11)14(20)17-15/h3-8H,9-10,15H2,1-2H3,(H,17,20). The van der Waals surface area contributed by atoms with Gasteiger partial charge in [0.05, 0.1) is 6.54 Å². The molecule has 0 saturated carbocycles. The van der Waals surface area contributed by atoms with Crippen LogP contribution in [0.25, 0.3) is 0 Å². The van der Waals surface area contributed by atoms with E-state index >= 15 is 0 Å². The lowest BCUT2D eigenvalue weighted by molar-refractivity contribution is 0.0952. The molecule has 0 aliphatic heterocycles. The molecule has 1 aromatic heterocycles. The van der Waals surface area contributed by atoms with Crippen molar-refractivity contribution in [1.82, 2.24) is 19.9 Å². The highest BCUT2D eigenvalue weighted by Gasteiger charge is 2.12. The lowest BCUT2D eigenvalue weighted by atomic mass is 10.1. The van der Waals surface area contributed by atoms with Crippen molar-refractivity contribution in [2.45, 2.75) is 13.1 Å². The van der Waals surface area contributed by atoms with Crippen LogP contribution in [0.15, 0.2) is 36.7 Å². The number of imidazole rings is 1. The summed E-state index contributed by atoms with van der Waals surface area (Å²) < 4.78 is 1.98. The number of benzene rings is 1. The molecule has 0 atom stereocenters. The Hall–Kier alpha value is -2.18. The van der Waals surface area contributed by atoms with Crippen molar-refractivity contribution in [1.29, 1.82) is 0 Å². The minimum atomic E-state index is -0.272. The number of carbonyl (C=O) groups excluding carboxylic acids is 1. The van der Waals surface area contributed by atoms with Crippen LogP contribution < -0.4 is 11.3 Å². The summed E-state index contributed by atoms with van der Waals surface area (Å²) in [5.41, 5.74) is 3.71. The first-order valence-electron chi connectivity index (χ1n) is 6.35. The Kier molecular flexibility index (Phi) is 4.49. The number of rotatable bonds is 5. The number of amides is 1. The third kappa shape index (κ3) is 3.23. The Morgan fingerprint density at radius 1 is 1.40 bits per heavy atom. The van der Waals surface area contributed by atoms with Gasteiger partial charge in [-0.1, -0.05) is 18.2 Å². The molecule has 3 N–H and O–H groups in total. The minimum absolute atomic E-state index is 0.272. The number of hydrazine groups is 1. The molecule has 2 aromatic rings. The predicted octanol–water partition coefficient (Wildman–Crippen LogP) is 0.656. The summed E-state index contributed by atoms with van der Waals surface area (Å²) in [7, 11) is 3.96. The topological polar surface area (TPSA) is 76.2 Å². The van der Waals surface area contributed by atoms with Crippen LogP contribution in [0.1, 0.15) is 21.7 Å². The average Bonchev–Trinajstić information content (AvgIpc) is 2.84. The summed E-state index contributed by atoms with van der Waals surface area (Å²) in [6.45, 7) is 1.36. The molecule has 6 nitrogen and oxygen atoms in total. The second kappa shape index (κ2) is 6.31. The molecular formula is C14H19N5O. The van der Waals surface area contributed by atoms with Crippen LogP contribution in [-0.4, -0.2) is 27.4 Å². The van der Waals surface area contributed by atoms with Crippen LogP contribution in [0.3, 0.4) is 0 Å². The number of carbonyl (C=O) groups is 1. The summed E-state index contributed by atoms with van der Waals surface area (Å²) in [5, 5.41) is 0. The third-order valence-electron chi connectivity index (χ3n) is 3.17. The van der Waals surface area contributed by atoms with Gasteiger partial charge in [0.15, 0.2) is 0 Å². The molecule has 0 saturated heterocycles. The average molecular weight is 273 g/mol. The van der Waals surface area contributed by atoms with Crippen LogP contribution in [-0.2, 0) is 20.1 Å². The van der Waals surface area contributed by atoms with Crippen molar-refractivity contribution >= 4 is 5.91 Å². The Morgan fingerprint density at radius 2 is 2.15 bits per heavy atom. The van der Waals surface area contributed by atoms with Gasteiger partial charge in [-0.05, 0) is 18.7 Å². The summed E-state index contributed by atoms with van der Waals surface area (Å²) in [6.07, 6.45) is 3.69. The molecule has 20 heavy (non-hydrogen) atoms. The lowest BCUT2D eigenvalue weighted by Gasteiger charge is -2.18. The zero-order valence-electron chi connectivity index (χ0n) is 11.7. The number of aromatic nitrogens is 2. The maximum absolute atomic E-state index is 11.7. The van der Waals surface area contributed by atoms with E-state index < -0.39 is 0 Å². The number of aryl methyl sites for hydroxylation is 1. The van der Waals surface area contributed by atoms with Gasteiger partial charge in [0.2, 0.25) is 0 Å². The van der Waals surface area contributed by atoms with Crippen LogP contribution in [0.4, 0.5) is 0 Å². The minimum Gasteiger partial charge on any atom is -0.337 e. The van der Waals surface area contributed by atoms with Gasteiger partial charge in [-0.2, -0.15) is 0 Å². The van der Waals surface area contributed by atoms with Crippen molar-refractivity contribution in [2.75, 3.05) is 7.05 Å². The number of hydrogen-bond acceptors (Lipinski definition) is 4. The molecule has 106 valence electrons. The highest BCUT2D eigenvalue weighted by Crippen LogP contribution is 2.12. The molecule has 0 fully saturated rings. The van der Waals surface area contributed by atoms with E-state index in [0.29, 0.717) is 18.7 Å². The van der Waals surface area contributed by atoms with E-state index in [4.69, 9.17) is 5.84 Å². The van der Waals surface area contributed by atoms with Gasteiger partial charge in [-0.3, -0.25) is 15.1 Å². The zero-order valence-corrected chi connectivity index (χ0v) is 11.7. The van der Waals surface area contributed by atoms with Gasteiger partial charge in [0.25, 0.3) is 5.91 Å². The second-order valence-electron chi connectivity index (χ2n) is 4.76. The number of nitrogen functional groups attached to an aromatic ring is 1. The van der Waals surface area contributed by atoms with Crippen LogP contribution in [0.2, 0.25) is 0 Å². The van der Waals surface area contributed by atoms with Gasteiger partial charge in [0.1, 0.15) is 5.82 Å². The Morgan fingerprint density at radius 3 is 2.80 bits per heavy atom. The van der Waals surface area contributed by atoms with Crippen LogP contribution in [0.5, 0.6) is 0 Å². The molecule has 0 aliphatic carbocycles. The fraction of sp³-hybridized carbons (Fsp3) is 0.286. The Balaban J connectivity index is 2.10. The van der Waals surface area contributed by atoms with E-state index in [-0.39, 0.29) is 5.91 Å². The Labute approximate surface area is 118 Å². The highest BCUT2D eigenvalue weighted by atomic mass is 16.2. The third-order valence-corrected chi connectivity index (χ3v) is 3.17. The van der Waals surface area contributed by atoms with E-state index in [2.05, 4.69) is 15.3 Å². The summed E-state index contributed by atoms with van der Waals surface area (Å²) in [4.78, 5) is 18.1. The molecule has 6 heteroatoms. The van der Waals surface area contributed by atoms with Crippen molar-refractivity contribution in [3.63, 3.8) is 0 Å². The summed E-state index contributed by atoms with van der Waals surface area (Å²) in [5.74, 6) is 5.91. The molecule has 1 heterocycles. The van der Waals surface area contributed by atoms with Gasteiger partial charge >= 0.3 is 0 Å². The molecule has 1 amide bonds. The Bertz CT molecular complexity index is 593. The number of nitrogens with zero attached hydrogens (tertiary/aromatic N) is 3. The first kappa shape index (κ1) is 14.2. The zero-order chi connectivity index (χ0) is 14.5. The van der Waals surface area contributed by atoms with E-state index in [1.54, 1.807) is 12.3 Å². The van der Waals surface area contributed by atoms with Gasteiger partial charge in [-0.25, -0.2) is 10.8 Å². The fourth-order valence-electron chi connectivity index (χ4n) is 2.09. The first-order valence-corrected chi connectivity index (χ1v) is 6.35. The first-order chi connectivity index (χ1) is 9.61. The predicted molar refractivity (Wildman–Crippen MR) is 76.5 cm³/mol. The summed E-state index contributed by atoms with van der Waals surface area (Å²) >= 11 is 0. The second-order valence-corrected chi connectivity index (χ2v) is 4.76. The molecule has 0 spiro atoms. The lowest BCUT2D eigenvalue weighted by Crippen LogP contribution is -2.31. The van der Waals surface area contributed by atoms with E-state index in [1.807, 2.05) is 43.1 Å². The maximum Gasteiger partial charge on any atom is 0.265 e. The van der Waals surface area contributed by atoms with E-state index in [9.17, 15) is 4.79 Å². The molecule has 2 rings (SSSR count). The fourth-order valence-corrected chi connectivity index (χ4v) is 2.09. The molecule has 0 bridgehead atoms.